The molecule has 0 unspecified atom stereocenters. The third-order valence-corrected chi connectivity index (χ3v) is 3.91. The molecule has 0 aliphatic carbocycles. The van der Waals surface area contributed by atoms with E-state index in [4.69, 9.17) is 5.84 Å². The van der Waals surface area contributed by atoms with Crippen LogP contribution in [0.3, 0.4) is 0 Å². The number of nitrogens with one attached hydrogen (secondary N) is 1. The summed E-state index contributed by atoms with van der Waals surface area (Å²) in [5.74, 6) is 5.51. The molecule has 1 heterocycles. The molecule has 0 bridgehead atoms. The number of hydrogen-bond acceptors (Lipinski definition) is 3. The van der Waals surface area contributed by atoms with E-state index in [2.05, 4.69) is 24.5 Å². The van der Waals surface area contributed by atoms with Crippen molar-refractivity contribution in [3.63, 3.8) is 0 Å². The minimum absolute atomic E-state index is 0.00615. The summed E-state index contributed by atoms with van der Waals surface area (Å²) >= 11 is 0. The van der Waals surface area contributed by atoms with Crippen LogP contribution in [0.4, 0.5) is 11.4 Å². The number of nitrogens with two attached hydrogens (primary N) is 1. The van der Waals surface area contributed by atoms with Gasteiger partial charge in [-0.15, -0.1) is 0 Å². The maximum Gasteiger partial charge on any atom is 0.260 e. The van der Waals surface area contributed by atoms with Crippen LogP contribution in [0.1, 0.15) is 27.9 Å². The van der Waals surface area contributed by atoms with E-state index in [1.54, 1.807) is 6.07 Å². The number of hydrogen-bond donors (Lipinski definition) is 2. The first kappa shape index (κ1) is 13.6. The smallest absolute Gasteiger partial charge is 0.260 e. The highest BCUT2D eigenvalue weighted by molar-refractivity contribution is 6.10. The average molecular weight is 281 g/mol. The highest BCUT2D eigenvalue weighted by atomic mass is 16.2. The topological polar surface area (TPSA) is 58.4 Å². The number of rotatable bonds is 2. The molecule has 3 N–H and O–H groups in total. The average Bonchev–Trinajstić information content (AvgIpc) is 2.53. The summed E-state index contributed by atoms with van der Waals surface area (Å²) in [7, 11) is 0. The Hall–Kier alpha value is -2.33. The summed E-state index contributed by atoms with van der Waals surface area (Å²) in [4.78, 5) is 14.7. The number of aryl methyl sites for hydroxylation is 2. The van der Waals surface area contributed by atoms with Crippen molar-refractivity contribution in [2.24, 2.45) is 5.84 Å². The molecule has 1 amide bonds. The van der Waals surface area contributed by atoms with Crippen molar-refractivity contribution >= 4 is 17.3 Å². The molecule has 0 atom stereocenters. The zero-order valence-electron chi connectivity index (χ0n) is 12.1. The predicted molar refractivity (Wildman–Crippen MR) is 85.4 cm³/mol. The minimum Gasteiger partial charge on any atom is -0.323 e. The first-order valence-corrected chi connectivity index (χ1v) is 7.18. The molecule has 4 heteroatoms. The monoisotopic (exact) mass is 281 g/mol. The van der Waals surface area contributed by atoms with Crippen molar-refractivity contribution in [3.8, 4) is 0 Å². The molecule has 0 aromatic heterocycles. The van der Waals surface area contributed by atoms with Crippen LogP contribution in [0.5, 0.6) is 0 Å². The zero-order valence-corrected chi connectivity index (χ0v) is 12.1. The highest BCUT2D eigenvalue weighted by Gasteiger charge is 2.24. The molecule has 3 rings (SSSR count). The van der Waals surface area contributed by atoms with Gasteiger partial charge >= 0.3 is 0 Å². The number of nitrogen functional groups attached to an aromatic ring is 1. The van der Waals surface area contributed by atoms with Gasteiger partial charge in [-0.05, 0) is 43.5 Å². The summed E-state index contributed by atoms with van der Waals surface area (Å²) in [6.07, 6.45) is 2.01. The standard InChI is InChI=1S/C17H19N3O/c1-12-8-9-16-13(11-12)5-4-10-20(16)17(21)14-6-2-3-7-15(14)19-18/h2-3,6-9,11,19H,4-5,10,18H2,1H3. The lowest BCUT2D eigenvalue weighted by molar-refractivity contribution is 0.0986. The van der Waals surface area contributed by atoms with E-state index < -0.39 is 0 Å². The number of para-hydroxylation sites is 1. The zero-order chi connectivity index (χ0) is 14.8. The second-order valence-corrected chi connectivity index (χ2v) is 5.38. The summed E-state index contributed by atoms with van der Waals surface area (Å²) < 4.78 is 0. The number of carbonyl (C=O) groups is 1. The third kappa shape index (κ3) is 2.50. The fraction of sp³-hybridized carbons (Fsp3) is 0.235. The lowest BCUT2D eigenvalue weighted by Gasteiger charge is -2.30. The lowest BCUT2D eigenvalue weighted by atomic mass is 9.98. The van der Waals surface area contributed by atoms with Gasteiger partial charge in [0, 0.05) is 12.2 Å². The Balaban J connectivity index is 2.00. The van der Waals surface area contributed by atoms with Crippen molar-refractivity contribution in [2.75, 3.05) is 16.9 Å². The second kappa shape index (κ2) is 5.58. The van der Waals surface area contributed by atoms with Gasteiger partial charge in [0.05, 0.1) is 11.3 Å². The summed E-state index contributed by atoms with van der Waals surface area (Å²) in [6, 6.07) is 13.6. The van der Waals surface area contributed by atoms with Crippen LogP contribution < -0.4 is 16.2 Å². The molecule has 1 aliphatic heterocycles. The van der Waals surface area contributed by atoms with E-state index in [-0.39, 0.29) is 5.91 Å². The van der Waals surface area contributed by atoms with Crippen molar-refractivity contribution in [1.82, 2.24) is 0 Å². The van der Waals surface area contributed by atoms with E-state index in [9.17, 15) is 4.79 Å². The lowest BCUT2D eigenvalue weighted by Crippen LogP contribution is -2.36. The Kier molecular flexibility index (Phi) is 3.62. The molecule has 0 saturated carbocycles. The van der Waals surface area contributed by atoms with Gasteiger partial charge in [-0.3, -0.25) is 10.6 Å². The van der Waals surface area contributed by atoms with Crippen LogP contribution in [0.15, 0.2) is 42.5 Å². The Morgan fingerprint density at radius 3 is 2.86 bits per heavy atom. The van der Waals surface area contributed by atoms with Crippen molar-refractivity contribution < 1.29 is 4.79 Å². The fourth-order valence-electron chi connectivity index (χ4n) is 2.88. The number of anilines is 2. The van der Waals surface area contributed by atoms with Crippen LogP contribution in [0.2, 0.25) is 0 Å². The molecule has 108 valence electrons. The number of carbonyl (C=O) groups excluding carboxylic acids is 1. The Morgan fingerprint density at radius 2 is 2.05 bits per heavy atom. The molecular weight excluding hydrogens is 262 g/mol. The van der Waals surface area contributed by atoms with Crippen LogP contribution in [0, 0.1) is 6.92 Å². The van der Waals surface area contributed by atoms with Crippen LogP contribution >= 0.6 is 0 Å². The van der Waals surface area contributed by atoms with Gasteiger partial charge in [0.1, 0.15) is 0 Å². The van der Waals surface area contributed by atoms with Gasteiger partial charge in [0.2, 0.25) is 0 Å². The van der Waals surface area contributed by atoms with Crippen molar-refractivity contribution in [2.45, 2.75) is 19.8 Å². The van der Waals surface area contributed by atoms with Gasteiger partial charge in [-0.25, -0.2) is 0 Å². The molecule has 2 aromatic rings. The molecule has 0 fully saturated rings. The van der Waals surface area contributed by atoms with Crippen LogP contribution in [0.25, 0.3) is 0 Å². The van der Waals surface area contributed by atoms with Crippen LogP contribution in [-0.2, 0) is 6.42 Å². The van der Waals surface area contributed by atoms with Crippen LogP contribution in [-0.4, -0.2) is 12.5 Å². The molecular formula is C17H19N3O. The molecule has 0 saturated heterocycles. The van der Waals surface area contributed by atoms with Crippen molar-refractivity contribution in [3.05, 3.63) is 59.2 Å². The number of hydrazine groups is 1. The number of nitrogens with zero attached hydrogens (tertiary/aromatic N) is 1. The first-order chi connectivity index (χ1) is 10.2. The molecule has 2 aromatic carbocycles. The summed E-state index contributed by atoms with van der Waals surface area (Å²) in [6.45, 7) is 2.82. The Labute approximate surface area is 124 Å². The maximum atomic E-state index is 12.9. The largest absolute Gasteiger partial charge is 0.323 e. The van der Waals surface area contributed by atoms with Gasteiger partial charge in [0.25, 0.3) is 5.91 Å². The van der Waals surface area contributed by atoms with Gasteiger partial charge < -0.3 is 10.3 Å². The SMILES string of the molecule is Cc1ccc2c(c1)CCCN2C(=O)c1ccccc1NN. The summed E-state index contributed by atoms with van der Waals surface area (Å²) in [5.41, 5.74) is 7.35. The maximum absolute atomic E-state index is 12.9. The van der Waals surface area contributed by atoms with Crippen molar-refractivity contribution in [1.29, 1.82) is 0 Å². The Morgan fingerprint density at radius 1 is 1.24 bits per heavy atom. The van der Waals surface area contributed by atoms with Gasteiger partial charge in [-0.1, -0.05) is 29.8 Å². The predicted octanol–water partition coefficient (Wildman–Crippen LogP) is 2.87. The number of amides is 1. The van der Waals surface area contributed by atoms with E-state index in [1.807, 2.05) is 29.2 Å². The van der Waals surface area contributed by atoms with E-state index >= 15 is 0 Å². The normalized spacial score (nSPS) is 13.7. The number of fused-ring (bicyclic) bond motifs is 1. The molecule has 0 radical (unpaired) electrons. The second-order valence-electron chi connectivity index (χ2n) is 5.38. The molecule has 21 heavy (non-hydrogen) atoms. The first-order valence-electron chi connectivity index (χ1n) is 7.18. The molecule has 4 nitrogen and oxygen atoms in total. The summed E-state index contributed by atoms with van der Waals surface area (Å²) in [5, 5.41) is 0. The van der Waals surface area contributed by atoms with E-state index in [1.165, 1.54) is 11.1 Å². The van der Waals surface area contributed by atoms with E-state index in [0.717, 1.165) is 25.1 Å². The quantitative estimate of drug-likeness (QED) is 0.657. The minimum atomic E-state index is -0.00615. The fourth-order valence-corrected chi connectivity index (χ4v) is 2.88. The highest BCUT2D eigenvalue weighted by Crippen LogP contribution is 2.30. The number of benzene rings is 2. The Bertz CT molecular complexity index is 681. The van der Waals surface area contributed by atoms with Gasteiger partial charge in [-0.2, -0.15) is 0 Å². The molecule has 1 aliphatic rings. The molecule has 0 spiro atoms. The third-order valence-electron chi connectivity index (χ3n) is 3.91. The van der Waals surface area contributed by atoms with E-state index in [0.29, 0.717) is 11.3 Å². The van der Waals surface area contributed by atoms with Gasteiger partial charge in [0.15, 0.2) is 0 Å².